The summed E-state index contributed by atoms with van der Waals surface area (Å²) >= 11 is 0. The van der Waals surface area contributed by atoms with Gasteiger partial charge >= 0.3 is 0 Å². The van der Waals surface area contributed by atoms with Gasteiger partial charge in [0.25, 0.3) is 0 Å². The summed E-state index contributed by atoms with van der Waals surface area (Å²) in [6, 6.07) is 0. The van der Waals surface area contributed by atoms with Crippen molar-refractivity contribution in [2.24, 2.45) is 0 Å². The molecule has 1 heterocycles. The summed E-state index contributed by atoms with van der Waals surface area (Å²) in [7, 11) is -3.07. The van der Waals surface area contributed by atoms with Gasteiger partial charge in [-0.3, -0.25) is 4.31 Å². The van der Waals surface area contributed by atoms with Crippen LogP contribution in [0.15, 0.2) is 23.9 Å². The van der Waals surface area contributed by atoms with Crippen molar-refractivity contribution in [1.29, 1.82) is 0 Å². The Bertz CT molecular complexity index is 327. The van der Waals surface area contributed by atoms with Crippen molar-refractivity contribution in [2.75, 3.05) is 12.8 Å². The molecular formula is C8H13NO2S. The molecule has 0 aliphatic carbocycles. The minimum absolute atomic E-state index is 0.562. The molecule has 1 aliphatic heterocycles. The summed E-state index contributed by atoms with van der Waals surface area (Å²) in [4.78, 5) is 0. The fourth-order valence-electron chi connectivity index (χ4n) is 1.40. The number of sulfonamides is 1. The molecule has 0 fully saturated rings. The fourth-order valence-corrected chi connectivity index (χ4v) is 2.43. The normalized spacial score (nSPS) is 18.7. The van der Waals surface area contributed by atoms with Crippen LogP contribution in [0.5, 0.6) is 0 Å². The molecule has 1 rings (SSSR count). The second kappa shape index (κ2) is 2.94. The molecule has 0 atom stereocenters. The largest absolute Gasteiger partial charge is 0.274 e. The summed E-state index contributed by atoms with van der Waals surface area (Å²) in [5, 5.41) is 0. The second-order valence-corrected chi connectivity index (χ2v) is 4.81. The molecule has 0 saturated heterocycles. The summed E-state index contributed by atoms with van der Waals surface area (Å²) in [6.45, 7) is 6.00. The van der Waals surface area contributed by atoms with Crippen LogP contribution in [0.4, 0.5) is 0 Å². The van der Waals surface area contributed by atoms with Crippen molar-refractivity contribution in [1.82, 2.24) is 4.31 Å². The highest BCUT2D eigenvalue weighted by Crippen LogP contribution is 2.24. The number of hydrogen-bond acceptors (Lipinski definition) is 2. The first-order valence-corrected chi connectivity index (χ1v) is 5.61. The van der Waals surface area contributed by atoms with E-state index >= 15 is 0 Å². The van der Waals surface area contributed by atoms with E-state index in [2.05, 4.69) is 6.58 Å². The van der Waals surface area contributed by atoms with Gasteiger partial charge in [-0.05, 0) is 18.9 Å². The van der Waals surface area contributed by atoms with Crippen molar-refractivity contribution >= 4 is 10.0 Å². The fraction of sp³-hybridized carbons (Fsp3) is 0.500. The van der Waals surface area contributed by atoms with Gasteiger partial charge in [-0.2, -0.15) is 0 Å². The molecule has 0 unspecified atom stereocenters. The molecule has 0 radical (unpaired) electrons. The third-order valence-corrected chi connectivity index (χ3v) is 3.33. The van der Waals surface area contributed by atoms with Crippen molar-refractivity contribution in [3.63, 3.8) is 0 Å². The van der Waals surface area contributed by atoms with E-state index in [9.17, 15) is 8.42 Å². The van der Waals surface area contributed by atoms with Gasteiger partial charge in [-0.25, -0.2) is 8.42 Å². The molecular weight excluding hydrogens is 174 g/mol. The molecule has 0 aromatic heterocycles. The molecule has 3 nitrogen and oxygen atoms in total. The topological polar surface area (TPSA) is 37.4 Å². The van der Waals surface area contributed by atoms with Gasteiger partial charge in [0.15, 0.2) is 0 Å². The number of nitrogens with zero attached hydrogens (tertiary/aromatic N) is 1. The first-order chi connectivity index (χ1) is 5.46. The Hall–Kier alpha value is -0.770. The molecule has 1 aliphatic rings. The van der Waals surface area contributed by atoms with E-state index in [1.165, 1.54) is 10.6 Å². The Morgan fingerprint density at radius 3 is 2.42 bits per heavy atom. The van der Waals surface area contributed by atoms with E-state index < -0.39 is 10.0 Å². The molecule has 0 amide bonds. The monoisotopic (exact) mass is 187 g/mol. The lowest BCUT2D eigenvalue weighted by Crippen LogP contribution is -2.25. The minimum atomic E-state index is -3.07. The average molecular weight is 187 g/mol. The molecule has 0 saturated carbocycles. The van der Waals surface area contributed by atoms with Gasteiger partial charge in [0.2, 0.25) is 10.0 Å². The molecule has 0 bridgehead atoms. The standard InChI is InChI=1S/C8H13NO2S/c1-4-8-5-6-9(7(8)2)12(3,10)11/h4H,1,5-6H2,2-3H3. The van der Waals surface area contributed by atoms with Gasteiger partial charge < -0.3 is 0 Å². The zero-order chi connectivity index (χ0) is 9.35. The van der Waals surface area contributed by atoms with Crippen LogP contribution in [0.25, 0.3) is 0 Å². The van der Waals surface area contributed by atoms with E-state index in [4.69, 9.17) is 0 Å². The Labute approximate surface area is 73.4 Å². The Kier molecular flexibility index (Phi) is 2.28. The maximum absolute atomic E-state index is 11.2. The molecule has 0 aromatic rings. The van der Waals surface area contributed by atoms with E-state index in [-0.39, 0.29) is 0 Å². The lowest BCUT2D eigenvalue weighted by molar-refractivity contribution is 0.506. The summed E-state index contributed by atoms with van der Waals surface area (Å²) in [5.74, 6) is 0. The lowest BCUT2D eigenvalue weighted by Gasteiger charge is -2.16. The third kappa shape index (κ3) is 1.53. The van der Waals surface area contributed by atoms with Crippen LogP contribution in [0, 0.1) is 0 Å². The van der Waals surface area contributed by atoms with Crippen LogP contribution >= 0.6 is 0 Å². The molecule has 0 spiro atoms. The van der Waals surface area contributed by atoms with Crippen LogP contribution in [-0.4, -0.2) is 25.5 Å². The lowest BCUT2D eigenvalue weighted by atomic mass is 10.2. The zero-order valence-corrected chi connectivity index (χ0v) is 8.19. The Morgan fingerprint density at radius 2 is 2.17 bits per heavy atom. The first kappa shape index (κ1) is 9.32. The molecule has 0 aromatic carbocycles. The van der Waals surface area contributed by atoms with E-state index in [0.717, 1.165) is 17.7 Å². The summed E-state index contributed by atoms with van der Waals surface area (Å²) < 4.78 is 23.7. The van der Waals surface area contributed by atoms with Gasteiger partial charge in [-0.15, -0.1) is 0 Å². The van der Waals surface area contributed by atoms with Crippen molar-refractivity contribution < 1.29 is 8.42 Å². The predicted octanol–water partition coefficient (Wildman–Crippen LogP) is 1.11. The van der Waals surface area contributed by atoms with Crippen molar-refractivity contribution in [3.8, 4) is 0 Å². The van der Waals surface area contributed by atoms with Crippen LogP contribution in [0.2, 0.25) is 0 Å². The van der Waals surface area contributed by atoms with Gasteiger partial charge in [0, 0.05) is 12.2 Å². The van der Waals surface area contributed by atoms with Gasteiger partial charge in [0.05, 0.1) is 6.26 Å². The molecule has 0 N–H and O–H groups in total. The highest BCUT2D eigenvalue weighted by Gasteiger charge is 2.23. The van der Waals surface area contributed by atoms with E-state index in [1.807, 2.05) is 6.92 Å². The highest BCUT2D eigenvalue weighted by atomic mass is 32.2. The second-order valence-electron chi connectivity index (χ2n) is 2.90. The van der Waals surface area contributed by atoms with Crippen LogP contribution in [-0.2, 0) is 10.0 Å². The highest BCUT2D eigenvalue weighted by molar-refractivity contribution is 7.88. The van der Waals surface area contributed by atoms with Gasteiger partial charge in [-0.1, -0.05) is 12.7 Å². The smallest absolute Gasteiger partial charge is 0.231 e. The number of hydrogen-bond donors (Lipinski definition) is 0. The predicted molar refractivity (Wildman–Crippen MR) is 49.1 cm³/mol. The summed E-state index contributed by atoms with van der Waals surface area (Å²) in [6.07, 6.45) is 3.73. The van der Waals surface area contributed by atoms with Crippen LogP contribution in [0.3, 0.4) is 0 Å². The van der Waals surface area contributed by atoms with Crippen molar-refractivity contribution in [3.05, 3.63) is 23.9 Å². The Balaban J connectivity index is 3.03. The van der Waals surface area contributed by atoms with E-state index in [0.29, 0.717) is 6.54 Å². The van der Waals surface area contributed by atoms with E-state index in [1.54, 1.807) is 6.08 Å². The molecule has 68 valence electrons. The number of allylic oxidation sites excluding steroid dienone is 2. The average Bonchev–Trinajstić information content (AvgIpc) is 2.29. The van der Waals surface area contributed by atoms with Crippen LogP contribution < -0.4 is 0 Å². The summed E-state index contributed by atoms with van der Waals surface area (Å²) in [5.41, 5.74) is 1.84. The van der Waals surface area contributed by atoms with Gasteiger partial charge in [0.1, 0.15) is 0 Å². The molecule has 12 heavy (non-hydrogen) atoms. The quantitative estimate of drug-likeness (QED) is 0.649. The maximum Gasteiger partial charge on any atom is 0.231 e. The van der Waals surface area contributed by atoms with Crippen molar-refractivity contribution in [2.45, 2.75) is 13.3 Å². The molecule has 4 heteroatoms. The van der Waals surface area contributed by atoms with Crippen LogP contribution in [0.1, 0.15) is 13.3 Å². The first-order valence-electron chi connectivity index (χ1n) is 3.76. The SMILES string of the molecule is C=CC1=C(C)N(S(C)(=O)=O)CC1. The zero-order valence-electron chi connectivity index (χ0n) is 7.37. The number of rotatable bonds is 2. The minimum Gasteiger partial charge on any atom is -0.274 e. The third-order valence-electron chi connectivity index (χ3n) is 2.07. The maximum atomic E-state index is 11.2. The Morgan fingerprint density at radius 1 is 1.58 bits per heavy atom.